The fraction of sp³-hybridized carbons (Fsp3) is 0.556. The molecule has 142 valence electrons. The molecule has 1 unspecified atom stereocenters. The number of carboxylic acids is 1. The van der Waals surface area contributed by atoms with E-state index in [1.54, 1.807) is 6.07 Å². The van der Waals surface area contributed by atoms with Crippen LogP contribution in [0, 0.1) is 0 Å². The van der Waals surface area contributed by atoms with Crippen molar-refractivity contribution in [1.29, 1.82) is 0 Å². The van der Waals surface area contributed by atoms with Crippen molar-refractivity contribution in [3.05, 3.63) is 35.4 Å². The SMILES string of the molecule is O=C(O)C1CN(C(=O)C2(c3cccc(C(F)(F)F)c3)CCCC2)CCO1. The molecular formula is C18H20F3NO4. The van der Waals surface area contributed by atoms with E-state index in [1.807, 2.05) is 0 Å². The summed E-state index contributed by atoms with van der Waals surface area (Å²) in [6, 6.07) is 4.93. The lowest BCUT2D eigenvalue weighted by Gasteiger charge is -2.38. The van der Waals surface area contributed by atoms with Crippen LogP contribution < -0.4 is 0 Å². The van der Waals surface area contributed by atoms with Crippen molar-refractivity contribution in [2.45, 2.75) is 43.4 Å². The van der Waals surface area contributed by atoms with Gasteiger partial charge in [-0.25, -0.2) is 4.79 Å². The van der Waals surface area contributed by atoms with Crippen molar-refractivity contribution in [2.75, 3.05) is 19.7 Å². The lowest BCUT2D eigenvalue weighted by molar-refractivity contribution is -0.161. The molecule has 1 heterocycles. The second-order valence-corrected chi connectivity index (χ2v) is 6.82. The molecule has 3 rings (SSSR count). The van der Waals surface area contributed by atoms with Gasteiger partial charge >= 0.3 is 12.1 Å². The summed E-state index contributed by atoms with van der Waals surface area (Å²) in [5.74, 6) is -1.45. The van der Waals surface area contributed by atoms with E-state index in [0.29, 0.717) is 18.4 Å². The molecular weight excluding hydrogens is 351 g/mol. The second-order valence-electron chi connectivity index (χ2n) is 6.82. The highest BCUT2D eigenvalue weighted by Gasteiger charge is 2.47. The fourth-order valence-electron chi connectivity index (χ4n) is 3.88. The first-order chi connectivity index (χ1) is 12.2. The number of morpholine rings is 1. The van der Waals surface area contributed by atoms with Gasteiger partial charge in [-0.3, -0.25) is 4.79 Å². The average molecular weight is 371 g/mol. The Balaban J connectivity index is 1.93. The predicted molar refractivity (Wildman–Crippen MR) is 85.5 cm³/mol. The molecule has 2 fully saturated rings. The van der Waals surface area contributed by atoms with E-state index in [0.717, 1.165) is 25.0 Å². The normalized spacial score (nSPS) is 23.0. The molecule has 0 aromatic heterocycles. The van der Waals surface area contributed by atoms with Gasteiger partial charge in [-0.1, -0.05) is 31.0 Å². The first-order valence-electron chi connectivity index (χ1n) is 8.55. The summed E-state index contributed by atoms with van der Waals surface area (Å²) in [7, 11) is 0. The molecule has 1 aliphatic carbocycles. The number of benzene rings is 1. The Morgan fingerprint density at radius 1 is 1.23 bits per heavy atom. The molecule has 1 N–H and O–H groups in total. The Morgan fingerprint density at radius 2 is 1.92 bits per heavy atom. The Hall–Kier alpha value is -2.09. The molecule has 2 aliphatic rings. The highest BCUT2D eigenvalue weighted by Crippen LogP contribution is 2.44. The third kappa shape index (κ3) is 3.42. The van der Waals surface area contributed by atoms with Crippen molar-refractivity contribution in [1.82, 2.24) is 4.90 Å². The highest BCUT2D eigenvalue weighted by atomic mass is 19.4. The van der Waals surface area contributed by atoms with E-state index in [2.05, 4.69) is 0 Å². The fourth-order valence-corrected chi connectivity index (χ4v) is 3.88. The monoisotopic (exact) mass is 371 g/mol. The maximum atomic E-state index is 13.2. The largest absolute Gasteiger partial charge is 0.479 e. The minimum absolute atomic E-state index is 0.0884. The molecule has 0 bridgehead atoms. The second kappa shape index (κ2) is 6.90. The zero-order chi connectivity index (χ0) is 18.9. The first kappa shape index (κ1) is 18.7. The number of ether oxygens (including phenoxy) is 1. The highest BCUT2D eigenvalue weighted by molar-refractivity contribution is 5.89. The van der Waals surface area contributed by atoms with Gasteiger partial charge in [0.2, 0.25) is 5.91 Å². The number of hydrogen-bond donors (Lipinski definition) is 1. The number of halogens is 3. The topological polar surface area (TPSA) is 66.8 Å². The Labute approximate surface area is 148 Å². The van der Waals surface area contributed by atoms with Gasteiger partial charge in [-0.2, -0.15) is 13.2 Å². The van der Waals surface area contributed by atoms with Gasteiger partial charge in [0.15, 0.2) is 6.10 Å². The van der Waals surface area contributed by atoms with Gasteiger partial charge in [-0.15, -0.1) is 0 Å². The van der Waals surface area contributed by atoms with Crippen LogP contribution >= 0.6 is 0 Å². The van der Waals surface area contributed by atoms with E-state index < -0.39 is 29.2 Å². The van der Waals surface area contributed by atoms with Crippen LogP contribution in [0.1, 0.15) is 36.8 Å². The molecule has 1 amide bonds. The van der Waals surface area contributed by atoms with Gasteiger partial charge in [-0.05, 0) is 24.5 Å². The molecule has 1 saturated heterocycles. The van der Waals surface area contributed by atoms with Crippen molar-refractivity contribution < 1.29 is 32.6 Å². The van der Waals surface area contributed by atoms with Crippen molar-refractivity contribution in [3.8, 4) is 0 Å². The number of amides is 1. The van der Waals surface area contributed by atoms with Gasteiger partial charge in [0.05, 0.1) is 24.1 Å². The van der Waals surface area contributed by atoms with Crippen molar-refractivity contribution >= 4 is 11.9 Å². The van der Waals surface area contributed by atoms with Gasteiger partial charge in [0.25, 0.3) is 0 Å². The molecule has 1 atom stereocenters. The number of hydrogen-bond acceptors (Lipinski definition) is 3. The van der Waals surface area contributed by atoms with E-state index in [9.17, 15) is 22.8 Å². The molecule has 26 heavy (non-hydrogen) atoms. The summed E-state index contributed by atoms with van der Waals surface area (Å²) < 4.78 is 44.4. The third-order valence-corrected chi connectivity index (χ3v) is 5.24. The molecule has 1 aromatic carbocycles. The van der Waals surface area contributed by atoms with Crippen molar-refractivity contribution in [2.24, 2.45) is 0 Å². The standard InChI is InChI=1S/C18H20F3NO4/c19-18(20,21)13-5-3-4-12(10-13)17(6-1-2-7-17)16(25)22-8-9-26-14(11-22)15(23)24/h3-5,10,14H,1-2,6-9,11H2,(H,23,24). The predicted octanol–water partition coefficient (Wildman–Crippen LogP) is 2.83. The average Bonchev–Trinajstić information content (AvgIpc) is 3.11. The minimum Gasteiger partial charge on any atom is -0.479 e. The van der Waals surface area contributed by atoms with E-state index in [1.165, 1.54) is 11.0 Å². The molecule has 5 nitrogen and oxygen atoms in total. The van der Waals surface area contributed by atoms with Crippen LogP contribution in [-0.2, 0) is 25.9 Å². The van der Waals surface area contributed by atoms with Gasteiger partial charge < -0.3 is 14.7 Å². The van der Waals surface area contributed by atoms with Crippen LogP contribution in [0.4, 0.5) is 13.2 Å². The number of rotatable bonds is 3. The number of aliphatic carboxylic acids is 1. The summed E-state index contributed by atoms with van der Waals surface area (Å²) in [5, 5.41) is 9.12. The maximum Gasteiger partial charge on any atom is 0.416 e. The van der Waals surface area contributed by atoms with Crippen LogP contribution in [0.5, 0.6) is 0 Å². The molecule has 1 aliphatic heterocycles. The quantitative estimate of drug-likeness (QED) is 0.887. The zero-order valence-electron chi connectivity index (χ0n) is 14.1. The number of alkyl halides is 3. The first-order valence-corrected chi connectivity index (χ1v) is 8.55. The van der Waals surface area contributed by atoms with Crippen LogP contribution in [0.25, 0.3) is 0 Å². The number of carbonyl (C=O) groups excluding carboxylic acids is 1. The van der Waals surface area contributed by atoms with Crippen LogP contribution in [0.3, 0.4) is 0 Å². The molecule has 8 heteroatoms. The summed E-state index contributed by atoms with van der Waals surface area (Å²) in [6.45, 7) is 0.250. The lowest BCUT2D eigenvalue weighted by atomic mass is 9.76. The zero-order valence-corrected chi connectivity index (χ0v) is 14.1. The lowest BCUT2D eigenvalue weighted by Crippen LogP contribution is -2.54. The molecule has 0 spiro atoms. The number of carboxylic acid groups (broad SMARTS) is 1. The number of nitrogens with zero attached hydrogens (tertiary/aromatic N) is 1. The maximum absolute atomic E-state index is 13.2. The molecule has 0 radical (unpaired) electrons. The van der Waals surface area contributed by atoms with Crippen LogP contribution in [0.15, 0.2) is 24.3 Å². The number of carbonyl (C=O) groups is 2. The van der Waals surface area contributed by atoms with Crippen LogP contribution in [-0.4, -0.2) is 47.7 Å². The van der Waals surface area contributed by atoms with E-state index in [-0.39, 0.29) is 25.6 Å². The Morgan fingerprint density at radius 3 is 2.54 bits per heavy atom. The van der Waals surface area contributed by atoms with Gasteiger partial charge in [0, 0.05) is 6.54 Å². The summed E-state index contributed by atoms with van der Waals surface area (Å²) in [6.07, 6.45) is -3.17. The Kier molecular flexibility index (Phi) is 4.96. The van der Waals surface area contributed by atoms with Crippen molar-refractivity contribution in [3.63, 3.8) is 0 Å². The van der Waals surface area contributed by atoms with E-state index in [4.69, 9.17) is 9.84 Å². The third-order valence-electron chi connectivity index (χ3n) is 5.24. The Bertz CT molecular complexity index is 698. The van der Waals surface area contributed by atoms with E-state index >= 15 is 0 Å². The smallest absolute Gasteiger partial charge is 0.416 e. The molecule has 1 aromatic rings. The summed E-state index contributed by atoms with van der Waals surface area (Å²) in [4.78, 5) is 25.8. The summed E-state index contributed by atoms with van der Waals surface area (Å²) in [5.41, 5.74) is -1.45. The summed E-state index contributed by atoms with van der Waals surface area (Å²) >= 11 is 0. The van der Waals surface area contributed by atoms with Crippen LogP contribution in [0.2, 0.25) is 0 Å². The molecule has 1 saturated carbocycles. The van der Waals surface area contributed by atoms with Gasteiger partial charge in [0.1, 0.15) is 0 Å². The minimum atomic E-state index is -4.48.